The van der Waals surface area contributed by atoms with Crippen molar-refractivity contribution in [3.8, 4) is 0 Å². The van der Waals surface area contributed by atoms with E-state index >= 15 is 0 Å². The second-order valence-corrected chi connectivity index (χ2v) is 13.5. The van der Waals surface area contributed by atoms with Crippen LogP contribution in [-0.2, 0) is 14.8 Å². The normalized spacial score (nSPS) is 17.7. The van der Waals surface area contributed by atoms with Crippen molar-refractivity contribution in [2.45, 2.75) is 63.9 Å². The van der Waals surface area contributed by atoms with Gasteiger partial charge in [-0.25, -0.2) is 22.9 Å². The van der Waals surface area contributed by atoms with Gasteiger partial charge in [0, 0.05) is 31.6 Å². The Kier molecular flexibility index (Phi) is 10.0. The Labute approximate surface area is 243 Å². The number of rotatable bonds is 11. The van der Waals surface area contributed by atoms with E-state index < -0.39 is 21.7 Å². The minimum absolute atomic E-state index is 0.310. The minimum Gasteiger partial charge on any atom is -0.444 e. The fraction of sp³-hybridized carbons (Fsp3) is 0.500. The predicted octanol–water partition coefficient (Wildman–Crippen LogP) is 5.07. The highest BCUT2D eigenvalue weighted by atomic mass is 32.2. The van der Waals surface area contributed by atoms with Crippen molar-refractivity contribution >= 4 is 38.8 Å². The molecule has 1 fully saturated rings. The molecule has 41 heavy (non-hydrogen) atoms. The zero-order valence-corrected chi connectivity index (χ0v) is 25.2. The van der Waals surface area contributed by atoms with Gasteiger partial charge in [0.2, 0.25) is 16.0 Å². The van der Waals surface area contributed by atoms with E-state index in [0.29, 0.717) is 48.1 Å². The summed E-state index contributed by atoms with van der Waals surface area (Å²) in [6.45, 7) is 9.51. The van der Waals surface area contributed by atoms with Gasteiger partial charge in [0.05, 0.1) is 10.4 Å². The van der Waals surface area contributed by atoms with Gasteiger partial charge in [0.25, 0.3) is 0 Å². The maximum Gasteiger partial charge on any atom is 0.407 e. The summed E-state index contributed by atoms with van der Waals surface area (Å²) < 4.78 is 33.3. The highest BCUT2D eigenvalue weighted by molar-refractivity contribution is 7.89. The number of ether oxygens (including phenoxy) is 1. The summed E-state index contributed by atoms with van der Waals surface area (Å²) in [5, 5.41) is 10.4. The Balaban J connectivity index is 1.25. The van der Waals surface area contributed by atoms with Crippen LogP contribution < -0.4 is 20.7 Å². The molecule has 0 atom stereocenters. The number of alkyl carbamates (subject to hydrolysis) is 1. The van der Waals surface area contributed by atoms with Crippen LogP contribution >= 0.6 is 0 Å². The quantitative estimate of drug-likeness (QED) is 0.230. The molecule has 0 radical (unpaired) electrons. The number of hydrogen-bond acceptors (Lipinski definition) is 8. The van der Waals surface area contributed by atoms with Gasteiger partial charge in [0.1, 0.15) is 11.4 Å². The summed E-state index contributed by atoms with van der Waals surface area (Å²) in [5.74, 6) is 2.05. The first kappa shape index (κ1) is 30.5. The van der Waals surface area contributed by atoms with Crippen molar-refractivity contribution in [2.24, 2.45) is 11.8 Å². The molecule has 4 rings (SSSR count). The van der Waals surface area contributed by atoms with Gasteiger partial charge < -0.3 is 20.7 Å². The number of aryl methyl sites for hydroxylation is 1. The first-order valence-corrected chi connectivity index (χ1v) is 15.7. The number of amides is 1. The number of carbonyl (C=O) groups excluding carboxylic acids is 1. The lowest BCUT2D eigenvalue weighted by atomic mass is 9.82. The van der Waals surface area contributed by atoms with Crippen molar-refractivity contribution < 1.29 is 17.9 Å². The topological polar surface area (TPSA) is 134 Å². The molecule has 10 nitrogen and oxygen atoms in total. The number of aromatic nitrogens is 2. The highest BCUT2D eigenvalue weighted by Gasteiger charge is 2.24. The number of sulfonamides is 1. The van der Waals surface area contributed by atoms with E-state index in [1.165, 1.54) is 0 Å². The van der Waals surface area contributed by atoms with E-state index in [1.807, 2.05) is 64.1 Å². The molecule has 0 unspecified atom stereocenters. The van der Waals surface area contributed by atoms with Crippen LogP contribution in [0.5, 0.6) is 0 Å². The number of nitrogens with zero attached hydrogens (tertiary/aromatic N) is 2. The van der Waals surface area contributed by atoms with Gasteiger partial charge in [-0.05, 0) is 89.5 Å². The summed E-state index contributed by atoms with van der Waals surface area (Å²) in [5.41, 5.74) is 1.32. The standard InChI is InChI=1S/C30H42N6O4S/c1-21-9-15-24(16-10-21)41(38,39)34-20-23-13-11-22(12-14-23)19-33-28-35-26-8-6-5-7-25(26)27(36-28)31-17-18-32-29(37)40-30(2,3)4/h5-10,15-16,22-23,34H,11-14,17-20H2,1-4H3,(H,32,37)(H2,31,33,35,36)/t22-,23-. The van der Waals surface area contributed by atoms with Crippen LogP contribution in [0.2, 0.25) is 0 Å². The smallest absolute Gasteiger partial charge is 0.407 e. The van der Waals surface area contributed by atoms with Crippen LogP contribution in [0.1, 0.15) is 52.0 Å². The number of benzene rings is 2. The minimum atomic E-state index is -3.49. The maximum absolute atomic E-state index is 12.6. The fourth-order valence-corrected chi connectivity index (χ4v) is 5.97. The molecule has 11 heteroatoms. The number of carbonyl (C=O) groups is 1. The molecule has 1 heterocycles. The van der Waals surface area contributed by atoms with Gasteiger partial charge in [-0.1, -0.05) is 29.8 Å². The molecule has 0 saturated heterocycles. The zero-order chi connectivity index (χ0) is 29.5. The third-order valence-corrected chi connectivity index (χ3v) is 8.54. The molecule has 1 aromatic heterocycles. The highest BCUT2D eigenvalue weighted by Crippen LogP contribution is 2.29. The Bertz CT molecular complexity index is 1420. The second kappa shape index (κ2) is 13.5. The van der Waals surface area contributed by atoms with Crippen LogP contribution in [0.4, 0.5) is 16.6 Å². The van der Waals surface area contributed by atoms with Gasteiger partial charge in [-0.2, -0.15) is 4.98 Å². The molecule has 1 aliphatic rings. The molecular formula is C30H42N6O4S. The molecule has 1 amide bonds. The Morgan fingerprint density at radius 1 is 0.902 bits per heavy atom. The third kappa shape index (κ3) is 9.29. The van der Waals surface area contributed by atoms with Crippen molar-refractivity contribution in [1.29, 1.82) is 0 Å². The predicted molar refractivity (Wildman–Crippen MR) is 163 cm³/mol. The molecule has 0 bridgehead atoms. The lowest BCUT2D eigenvalue weighted by Crippen LogP contribution is -2.35. The lowest BCUT2D eigenvalue weighted by molar-refractivity contribution is 0.0530. The van der Waals surface area contributed by atoms with Crippen LogP contribution in [0.25, 0.3) is 10.9 Å². The Hall–Kier alpha value is -3.44. The number of anilines is 2. The first-order valence-electron chi connectivity index (χ1n) is 14.3. The largest absolute Gasteiger partial charge is 0.444 e. The molecule has 3 aromatic rings. The van der Waals surface area contributed by atoms with E-state index in [2.05, 4.69) is 20.7 Å². The van der Waals surface area contributed by atoms with Crippen molar-refractivity contribution in [3.05, 3.63) is 54.1 Å². The van der Waals surface area contributed by atoms with Gasteiger partial charge in [0.15, 0.2) is 0 Å². The zero-order valence-electron chi connectivity index (χ0n) is 24.4. The van der Waals surface area contributed by atoms with E-state index in [9.17, 15) is 13.2 Å². The summed E-state index contributed by atoms with van der Waals surface area (Å²) >= 11 is 0. The van der Waals surface area contributed by atoms with Crippen LogP contribution in [0.3, 0.4) is 0 Å². The van der Waals surface area contributed by atoms with E-state index in [0.717, 1.165) is 48.7 Å². The maximum atomic E-state index is 12.6. The molecule has 1 saturated carbocycles. The average Bonchev–Trinajstić information content (AvgIpc) is 2.93. The summed E-state index contributed by atoms with van der Waals surface area (Å²) in [7, 11) is -3.49. The fourth-order valence-electron chi connectivity index (χ4n) is 4.85. The number of nitrogens with one attached hydrogen (secondary N) is 4. The van der Waals surface area contributed by atoms with Crippen LogP contribution in [0.15, 0.2) is 53.4 Å². The Morgan fingerprint density at radius 2 is 1.56 bits per heavy atom. The SMILES string of the molecule is Cc1ccc(S(=O)(=O)NC[C@H]2CC[C@H](CNc3nc(NCCNC(=O)OC(C)(C)C)c4ccccc4n3)CC2)cc1. The van der Waals surface area contributed by atoms with E-state index in [-0.39, 0.29) is 0 Å². The molecule has 1 aliphatic carbocycles. The molecular weight excluding hydrogens is 540 g/mol. The summed E-state index contributed by atoms with van der Waals surface area (Å²) in [6, 6.07) is 14.7. The lowest BCUT2D eigenvalue weighted by Gasteiger charge is -2.28. The molecule has 4 N–H and O–H groups in total. The molecule has 0 spiro atoms. The summed E-state index contributed by atoms with van der Waals surface area (Å²) in [6.07, 6.45) is 3.52. The van der Waals surface area contributed by atoms with Crippen molar-refractivity contribution in [1.82, 2.24) is 20.0 Å². The van der Waals surface area contributed by atoms with Gasteiger partial charge in [-0.3, -0.25) is 0 Å². The van der Waals surface area contributed by atoms with E-state index in [1.54, 1.807) is 12.1 Å². The summed E-state index contributed by atoms with van der Waals surface area (Å²) in [4.78, 5) is 21.6. The number of fused-ring (bicyclic) bond motifs is 1. The monoisotopic (exact) mass is 582 g/mol. The average molecular weight is 583 g/mol. The molecule has 0 aliphatic heterocycles. The third-order valence-electron chi connectivity index (χ3n) is 7.10. The van der Waals surface area contributed by atoms with Crippen LogP contribution in [0, 0.1) is 18.8 Å². The molecule has 2 aromatic carbocycles. The van der Waals surface area contributed by atoms with Gasteiger partial charge in [-0.15, -0.1) is 0 Å². The van der Waals surface area contributed by atoms with E-state index in [4.69, 9.17) is 14.7 Å². The van der Waals surface area contributed by atoms with Crippen molar-refractivity contribution in [3.63, 3.8) is 0 Å². The van der Waals surface area contributed by atoms with Gasteiger partial charge >= 0.3 is 6.09 Å². The first-order chi connectivity index (χ1) is 19.5. The van der Waals surface area contributed by atoms with Crippen molar-refractivity contribution in [2.75, 3.05) is 36.8 Å². The van der Waals surface area contributed by atoms with Crippen LogP contribution in [-0.4, -0.2) is 56.3 Å². The molecule has 222 valence electrons. The Morgan fingerprint density at radius 3 is 2.24 bits per heavy atom. The number of para-hydroxylation sites is 1. The second-order valence-electron chi connectivity index (χ2n) is 11.7. The number of hydrogen-bond donors (Lipinski definition) is 4.